The topological polar surface area (TPSA) is 339 Å². The van der Waals surface area contributed by atoms with Crippen LogP contribution in [-0.4, -0.2) is 213 Å². The SMILES string of the molecule is C[C@H]([C@H](O)[C@@H](O)[C@@H](O)C(C)(C)O[C@@H]1O[C@H](CO)[C@H](O)[C@@H](O)[C@@H]1O)[C@H]1CC[C@@]2(C)C3CC=C4C(CC[C@H](O[C@@H]5O[C@H](CO[C@@H]6O[C@H](CO)[C@@H](O)[C@H](O)[C@H]6O)[C@@H](O)[C@H](O)[C@H]5O)C4(C)C)[C@]3(C)CC[C@]12C. The number of allylic oxidation sites excluding steroid dienone is 1. The standard InChI is InChI=1S/C48H82O20/c1-20(29(51)36(58)40(62)45(4,5)68-43-39(61)34(56)31(53)25(18-50)65-43)21-13-14-48(8)27-11-9-22-23(46(27,6)15-16-47(21,48)7)10-12-28(44(22,2)3)67-42-38(60)35(57)32(54)26(66-42)19-63-41-37(59)33(55)30(52)24(17-49)64-41/h9,20-21,23-43,49-62H,10-19H2,1-8H3/t20-,21+,23?,24+,25+,26+,27?,28-,29-,30+,31-,32+,33-,34+,35-,36+,37+,38+,39-,40+,41+,42-,43-,46-,47+,48-/m0/s1. The van der Waals surface area contributed by atoms with Crippen LogP contribution in [0.2, 0.25) is 0 Å². The Hall–Kier alpha value is -1.06. The van der Waals surface area contributed by atoms with Crippen LogP contribution in [0.3, 0.4) is 0 Å². The zero-order chi connectivity index (χ0) is 50.4. The van der Waals surface area contributed by atoms with Crippen molar-refractivity contribution < 1.29 is 99.9 Å². The zero-order valence-electron chi connectivity index (χ0n) is 40.6. The molecule has 0 aromatic rings. The van der Waals surface area contributed by atoms with E-state index in [0.29, 0.717) is 6.42 Å². The largest absolute Gasteiger partial charge is 0.394 e. The molecule has 0 aromatic carbocycles. The number of aliphatic hydroxyl groups excluding tert-OH is 14. The van der Waals surface area contributed by atoms with Crippen LogP contribution in [-0.2, 0) is 28.4 Å². The fourth-order valence-corrected chi connectivity index (χ4v) is 14.2. The van der Waals surface area contributed by atoms with Gasteiger partial charge >= 0.3 is 0 Å². The number of hydrogen-bond donors (Lipinski definition) is 14. The molecule has 394 valence electrons. The van der Waals surface area contributed by atoms with Crippen LogP contribution in [0.5, 0.6) is 0 Å². The van der Waals surface area contributed by atoms with Crippen molar-refractivity contribution in [3.63, 3.8) is 0 Å². The predicted octanol–water partition coefficient (Wildman–Crippen LogP) is -2.09. The molecule has 20 nitrogen and oxygen atoms in total. The zero-order valence-corrected chi connectivity index (χ0v) is 40.6. The van der Waals surface area contributed by atoms with E-state index < -0.39 is 153 Å². The van der Waals surface area contributed by atoms with Crippen LogP contribution < -0.4 is 0 Å². The van der Waals surface area contributed by atoms with Gasteiger partial charge in [-0.1, -0.05) is 53.2 Å². The lowest BCUT2D eigenvalue weighted by Gasteiger charge is -2.66. The van der Waals surface area contributed by atoms with E-state index in [1.807, 2.05) is 6.92 Å². The predicted molar refractivity (Wildman–Crippen MR) is 236 cm³/mol. The van der Waals surface area contributed by atoms with Crippen molar-refractivity contribution >= 4 is 0 Å². The highest BCUT2D eigenvalue weighted by Crippen LogP contribution is 2.75. The maximum atomic E-state index is 11.8. The highest BCUT2D eigenvalue weighted by atomic mass is 16.7. The molecule has 4 aliphatic carbocycles. The first kappa shape index (κ1) is 54.7. The number of rotatable bonds is 14. The van der Waals surface area contributed by atoms with Crippen LogP contribution in [0, 0.1) is 45.3 Å². The third-order valence-corrected chi connectivity index (χ3v) is 18.9. The van der Waals surface area contributed by atoms with Gasteiger partial charge in [0.2, 0.25) is 0 Å². The molecule has 3 heterocycles. The molecule has 3 saturated heterocycles. The van der Waals surface area contributed by atoms with Gasteiger partial charge in [-0.25, -0.2) is 0 Å². The molecule has 3 saturated carbocycles. The number of hydrogen-bond acceptors (Lipinski definition) is 20. The van der Waals surface area contributed by atoms with E-state index in [9.17, 15) is 71.5 Å². The highest BCUT2D eigenvalue weighted by Gasteiger charge is 2.68. The molecular weight excluding hydrogens is 897 g/mol. The van der Waals surface area contributed by atoms with E-state index in [2.05, 4.69) is 40.7 Å². The Morgan fingerprint density at radius 2 is 1.16 bits per heavy atom. The van der Waals surface area contributed by atoms with Gasteiger partial charge in [0.25, 0.3) is 0 Å². The summed E-state index contributed by atoms with van der Waals surface area (Å²) in [7, 11) is 0. The molecule has 0 bridgehead atoms. The minimum atomic E-state index is -1.72. The minimum absolute atomic E-state index is 0.0171. The molecule has 0 radical (unpaired) electrons. The summed E-state index contributed by atoms with van der Waals surface area (Å²) in [5.41, 5.74) is -1.42. The summed E-state index contributed by atoms with van der Waals surface area (Å²) in [6.07, 6.45) is -20.2. The normalized spacial score (nSPS) is 50.3. The summed E-state index contributed by atoms with van der Waals surface area (Å²) < 4.78 is 35.0. The lowest BCUT2D eigenvalue weighted by atomic mass is 9.39. The van der Waals surface area contributed by atoms with Gasteiger partial charge in [0.1, 0.15) is 85.5 Å². The Morgan fingerprint density at radius 3 is 1.75 bits per heavy atom. The molecule has 20 heteroatoms. The van der Waals surface area contributed by atoms with E-state index in [1.165, 1.54) is 19.4 Å². The molecule has 0 amide bonds. The first-order chi connectivity index (χ1) is 31.6. The Kier molecular flexibility index (Phi) is 16.1. The summed E-state index contributed by atoms with van der Waals surface area (Å²) in [6.45, 7) is 14.3. The summed E-state index contributed by atoms with van der Waals surface area (Å²) in [5.74, 6) is 0.00958. The number of fused-ring (bicyclic) bond motifs is 5. The first-order valence-corrected chi connectivity index (χ1v) is 24.6. The monoisotopic (exact) mass is 979 g/mol. The van der Waals surface area contributed by atoms with Crippen molar-refractivity contribution in [3.8, 4) is 0 Å². The molecular formula is C48H82O20. The van der Waals surface area contributed by atoms with Crippen molar-refractivity contribution in [2.24, 2.45) is 45.3 Å². The average Bonchev–Trinajstić information content (AvgIpc) is 3.58. The Labute approximate surface area is 398 Å². The van der Waals surface area contributed by atoms with Gasteiger partial charge in [0, 0.05) is 5.41 Å². The Balaban J connectivity index is 1.01. The number of aliphatic hydroxyl groups is 14. The Morgan fingerprint density at radius 1 is 0.632 bits per heavy atom. The van der Waals surface area contributed by atoms with Crippen molar-refractivity contribution in [2.75, 3.05) is 19.8 Å². The molecule has 2 unspecified atom stereocenters. The van der Waals surface area contributed by atoms with Gasteiger partial charge in [0.15, 0.2) is 18.9 Å². The van der Waals surface area contributed by atoms with Gasteiger partial charge in [-0.3, -0.25) is 0 Å². The summed E-state index contributed by atoms with van der Waals surface area (Å²) in [4.78, 5) is 0. The average molecular weight is 979 g/mol. The van der Waals surface area contributed by atoms with Crippen molar-refractivity contribution in [1.82, 2.24) is 0 Å². The Bertz CT molecular complexity index is 1750. The summed E-state index contributed by atoms with van der Waals surface area (Å²) >= 11 is 0. The molecule has 14 N–H and O–H groups in total. The second kappa shape index (κ2) is 20.0. The highest BCUT2D eigenvalue weighted by molar-refractivity contribution is 5.30. The van der Waals surface area contributed by atoms with Gasteiger partial charge in [-0.05, 0) is 98.7 Å². The molecule has 0 spiro atoms. The lowest BCUT2D eigenvalue weighted by Crippen LogP contribution is -2.63. The van der Waals surface area contributed by atoms with Gasteiger partial charge in [0.05, 0.1) is 37.6 Å². The quantitative estimate of drug-likeness (QED) is 0.0831. The van der Waals surface area contributed by atoms with Crippen molar-refractivity contribution in [3.05, 3.63) is 11.6 Å². The first-order valence-electron chi connectivity index (χ1n) is 24.6. The molecule has 68 heavy (non-hydrogen) atoms. The van der Waals surface area contributed by atoms with E-state index in [-0.39, 0.29) is 34.0 Å². The molecule has 3 aliphatic heterocycles. The molecule has 7 rings (SSSR count). The molecule has 0 aromatic heterocycles. The van der Waals surface area contributed by atoms with Gasteiger partial charge < -0.3 is 99.9 Å². The van der Waals surface area contributed by atoms with E-state index in [4.69, 9.17) is 28.4 Å². The van der Waals surface area contributed by atoms with Crippen LogP contribution >= 0.6 is 0 Å². The fraction of sp³-hybridized carbons (Fsp3) is 0.958. The van der Waals surface area contributed by atoms with Crippen LogP contribution in [0.25, 0.3) is 0 Å². The fourth-order valence-electron chi connectivity index (χ4n) is 14.2. The second-order valence-corrected chi connectivity index (χ2v) is 23.2. The smallest absolute Gasteiger partial charge is 0.187 e. The van der Waals surface area contributed by atoms with E-state index in [0.717, 1.165) is 38.5 Å². The van der Waals surface area contributed by atoms with Crippen LogP contribution in [0.4, 0.5) is 0 Å². The maximum Gasteiger partial charge on any atom is 0.187 e. The lowest BCUT2D eigenvalue weighted by molar-refractivity contribution is -0.340. The van der Waals surface area contributed by atoms with Gasteiger partial charge in [-0.2, -0.15) is 0 Å². The van der Waals surface area contributed by atoms with Crippen molar-refractivity contribution in [2.45, 2.75) is 222 Å². The van der Waals surface area contributed by atoms with E-state index in [1.54, 1.807) is 0 Å². The van der Waals surface area contributed by atoms with Crippen molar-refractivity contribution in [1.29, 1.82) is 0 Å². The third kappa shape index (κ3) is 9.09. The second-order valence-electron chi connectivity index (χ2n) is 23.2. The van der Waals surface area contributed by atoms with E-state index >= 15 is 0 Å². The number of ether oxygens (including phenoxy) is 6. The maximum absolute atomic E-state index is 11.8. The van der Waals surface area contributed by atoms with Gasteiger partial charge in [-0.15, -0.1) is 0 Å². The van der Waals surface area contributed by atoms with Crippen LogP contribution in [0.1, 0.15) is 100 Å². The summed E-state index contributed by atoms with van der Waals surface area (Å²) in [5, 5.41) is 149. The third-order valence-electron chi connectivity index (χ3n) is 18.9. The minimum Gasteiger partial charge on any atom is -0.394 e. The molecule has 26 atom stereocenters. The van der Waals surface area contributed by atoms with Crippen LogP contribution in [0.15, 0.2) is 11.6 Å². The summed E-state index contributed by atoms with van der Waals surface area (Å²) in [6, 6.07) is 0. The molecule has 6 fully saturated rings. The molecule has 7 aliphatic rings.